The van der Waals surface area contributed by atoms with Crippen molar-refractivity contribution in [1.82, 2.24) is 10.6 Å². The summed E-state index contributed by atoms with van der Waals surface area (Å²) in [7, 11) is 1.65. The molecule has 4 nitrogen and oxygen atoms in total. The van der Waals surface area contributed by atoms with Crippen LogP contribution in [0, 0.1) is 5.41 Å². The molecule has 2 N–H and O–H groups in total. The fraction of sp³-hybridized carbons (Fsp3) is 0.923. The van der Waals surface area contributed by atoms with Gasteiger partial charge in [-0.2, -0.15) is 0 Å². The third-order valence-corrected chi connectivity index (χ3v) is 4.45. The molecule has 0 aromatic rings. The summed E-state index contributed by atoms with van der Waals surface area (Å²) in [6, 6.07) is 0. The Kier molecular flexibility index (Phi) is 5.44. The van der Waals surface area contributed by atoms with E-state index in [4.69, 9.17) is 4.74 Å². The third-order valence-electron chi connectivity index (χ3n) is 4.45. The van der Waals surface area contributed by atoms with Gasteiger partial charge < -0.3 is 15.4 Å². The van der Waals surface area contributed by atoms with Crippen LogP contribution in [0.1, 0.15) is 39.0 Å². The van der Waals surface area contributed by atoms with E-state index in [1.54, 1.807) is 7.11 Å². The fourth-order valence-electron chi connectivity index (χ4n) is 2.77. The zero-order chi connectivity index (χ0) is 12.4. The Hall–Kier alpha value is -0.320. The van der Waals surface area contributed by atoms with Crippen molar-refractivity contribution < 1.29 is 9.53 Å². The highest BCUT2D eigenvalue weighted by molar-refractivity contribution is 5.85. The molecule has 2 fully saturated rings. The van der Waals surface area contributed by atoms with Crippen molar-refractivity contribution in [2.24, 2.45) is 5.41 Å². The van der Waals surface area contributed by atoms with Crippen LogP contribution >= 0.6 is 12.4 Å². The smallest absolute Gasteiger partial charge is 0.252 e. The van der Waals surface area contributed by atoms with Gasteiger partial charge in [-0.1, -0.05) is 13.3 Å². The number of carbonyl (C=O) groups excluding carboxylic acids is 1. The van der Waals surface area contributed by atoms with Gasteiger partial charge in [-0.3, -0.25) is 4.79 Å². The van der Waals surface area contributed by atoms with Crippen molar-refractivity contribution in [3.05, 3.63) is 0 Å². The molecule has 1 amide bonds. The molecule has 0 radical (unpaired) electrons. The van der Waals surface area contributed by atoms with Gasteiger partial charge >= 0.3 is 0 Å². The third kappa shape index (κ3) is 3.16. The predicted molar refractivity (Wildman–Crippen MR) is 74.1 cm³/mol. The maximum absolute atomic E-state index is 12.3. The zero-order valence-corrected chi connectivity index (χ0v) is 12.2. The number of methoxy groups -OCH3 is 1. The first-order valence-electron chi connectivity index (χ1n) is 6.64. The van der Waals surface area contributed by atoms with Crippen LogP contribution in [0.15, 0.2) is 0 Å². The summed E-state index contributed by atoms with van der Waals surface area (Å²) in [5.74, 6) is 0.0784. The predicted octanol–water partition coefficient (Wildman–Crippen LogP) is 1.48. The standard InChI is InChI=1S/C13H24N2O2.ClH/c1-12(4-3-5-12)10-15-11(16)13(17-2)6-8-14-9-7-13;/h14H,3-10H2,1-2H3,(H,15,16);1H. The topological polar surface area (TPSA) is 50.4 Å². The van der Waals surface area contributed by atoms with Gasteiger partial charge in [0.1, 0.15) is 5.60 Å². The molecular formula is C13H25ClN2O2. The van der Waals surface area contributed by atoms with Crippen molar-refractivity contribution in [2.75, 3.05) is 26.7 Å². The number of amides is 1. The molecule has 2 rings (SSSR count). The van der Waals surface area contributed by atoms with Crippen molar-refractivity contribution in [3.8, 4) is 0 Å². The number of hydrogen-bond acceptors (Lipinski definition) is 3. The van der Waals surface area contributed by atoms with E-state index < -0.39 is 5.60 Å². The number of piperidine rings is 1. The summed E-state index contributed by atoms with van der Waals surface area (Å²) in [6.07, 6.45) is 5.30. The van der Waals surface area contributed by atoms with Crippen LogP contribution < -0.4 is 10.6 Å². The Bertz CT molecular complexity index is 287. The molecule has 106 valence electrons. The average molecular weight is 277 g/mol. The molecule has 0 aromatic carbocycles. The summed E-state index contributed by atoms with van der Waals surface area (Å²) < 4.78 is 5.51. The second-order valence-electron chi connectivity index (χ2n) is 5.80. The lowest BCUT2D eigenvalue weighted by atomic mass is 9.70. The van der Waals surface area contributed by atoms with Gasteiger partial charge in [0.2, 0.25) is 0 Å². The van der Waals surface area contributed by atoms with Gasteiger partial charge in [0, 0.05) is 13.7 Å². The molecule has 0 aromatic heterocycles. The number of nitrogens with one attached hydrogen (secondary N) is 2. The lowest BCUT2D eigenvalue weighted by Crippen LogP contribution is -2.55. The van der Waals surface area contributed by atoms with Gasteiger partial charge in [0.05, 0.1) is 0 Å². The summed E-state index contributed by atoms with van der Waals surface area (Å²) in [4.78, 5) is 12.3. The first kappa shape index (κ1) is 15.7. The number of rotatable bonds is 4. The SMILES string of the molecule is COC1(C(=O)NCC2(C)CCC2)CCNCC1.Cl. The maximum atomic E-state index is 12.3. The Morgan fingerprint density at radius 3 is 2.33 bits per heavy atom. The van der Waals surface area contributed by atoms with Crippen molar-refractivity contribution in [2.45, 2.75) is 44.6 Å². The number of carbonyl (C=O) groups is 1. The van der Waals surface area contributed by atoms with Gasteiger partial charge in [0.15, 0.2) is 0 Å². The highest BCUT2D eigenvalue weighted by Gasteiger charge is 2.41. The Morgan fingerprint density at radius 2 is 1.89 bits per heavy atom. The van der Waals surface area contributed by atoms with E-state index in [1.807, 2.05) is 0 Å². The van der Waals surface area contributed by atoms with E-state index in [9.17, 15) is 4.79 Å². The van der Waals surface area contributed by atoms with Crippen LogP contribution in [0.2, 0.25) is 0 Å². The molecule has 1 saturated heterocycles. The molecule has 0 unspecified atom stereocenters. The quantitative estimate of drug-likeness (QED) is 0.818. The molecule has 5 heteroatoms. The molecular weight excluding hydrogens is 252 g/mol. The lowest BCUT2D eigenvalue weighted by Gasteiger charge is -2.40. The van der Waals surface area contributed by atoms with Crippen LogP contribution in [0.3, 0.4) is 0 Å². The molecule has 1 saturated carbocycles. The molecule has 0 atom stereocenters. The minimum Gasteiger partial charge on any atom is -0.368 e. The van der Waals surface area contributed by atoms with Crippen molar-refractivity contribution in [1.29, 1.82) is 0 Å². The van der Waals surface area contributed by atoms with E-state index in [1.165, 1.54) is 19.3 Å². The number of ether oxygens (including phenoxy) is 1. The molecule has 1 aliphatic heterocycles. The Morgan fingerprint density at radius 1 is 1.28 bits per heavy atom. The Labute approximate surface area is 116 Å². The monoisotopic (exact) mass is 276 g/mol. The molecule has 2 aliphatic rings. The summed E-state index contributed by atoms with van der Waals surface area (Å²) >= 11 is 0. The van der Waals surface area contributed by atoms with E-state index in [2.05, 4.69) is 17.6 Å². The first-order valence-corrected chi connectivity index (χ1v) is 6.64. The highest BCUT2D eigenvalue weighted by Crippen LogP contribution is 2.39. The number of hydrogen-bond donors (Lipinski definition) is 2. The van der Waals surface area contributed by atoms with Crippen LogP contribution in [-0.2, 0) is 9.53 Å². The molecule has 0 bridgehead atoms. The maximum Gasteiger partial charge on any atom is 0.252 e. The van der Waals surface area contributed by atoms with Crippen LogP contribution in [0.4, 0.5) is 0 Å². The van der Waals surface area contributed by atoms with E-state index in [-0.39, 0.29) is 18.3 Å². The second kappa shape index (κ2) is 6.22. The van der Waals surface area contributed by atoms with Gasteiger partial charge in [0.25, 0.3) is 5.91 Å². The van der Waals surface area contributed by atoms with E-state index in [0.29, 0.717) is 5.41 Å². The largest absolute Gasteiger partial charge is 0.368 e. The average Bonchev–Trinajstić information content (AvgIpc) is 2.34. The van der Waals surface area contributed by atoms with Gasteiger partial charge in [-0.05, 0) is 44.2 Å². The van der Waals surface area contributed by atoms with Crippen LogP contribution in [-0.4, -0.2) is 38.3 Å². The highest BCUT2D eigenvalue weighted by atomic mass is 35.5. The normalized spacial score (nSPS) is 24.6. The van der Waals surface area contributed by atoms with Gasteiger partial charge in [-0.25, -0.2) is 0 Å². The molecule has 18 heavy (non-hydrogen) atoms. The van der Waals surface area contributed by atoms with E-state index >= 15 is 0 Å². The van der Waals surface area contributed by atoms with E-state index in [0.717, 1.165) is 32.5 Å². The summed E-state index contributed by atoms with van der Waals surface area (Å²) in [5.41, 5.74) is -0.261. The zero-order valence-electron chi connectivity index (χ0n) is 11.4. The minimum atomic E-state index is -0.592. The molecule has 1 heterocycles. The summed E-state index contributed by atoms with van der Waals surface area (Å²) in [6.45, 7) is 4.76. The fourth-order valence-corrected chi connectivity index (χ4v) is 2.77. The van der Waals surface area contributed by atoms with Crippen LogP contribution in [0.5, 0.6) is 0 Å². The minimum absolute atomic E-state index is 0. The van der Waals surface area contributed by atoms with Crippen LogP contribution in [0.25, 0.3) is 0 Å². The number of halogens is 1. The Balaban J connectivity index is 0.00000162. The van der Waals surface area contributed by atoms with Crippen molar-refractivity contribution >= 4 is 18.3 Å². The first-order chi connectivity index (χ1) is 8.10. The van der Waals surface area contributed by atoms with Crippen molar-refractivity contribution in [3.63, 3.8) is 0 Å². The lowest BCUT2D eigenvalue weighted by molar-refractivity contribution is -0.147. The second-order valence-corrected chi connectivity index (χ2v) is 5.80. The van der Waals surface area contributed by atoms with Gasteiger partial charge in [-0.15, -0.1) is 12.4 Å². The summed E-state index contributed by atoms with van der Waals surface area (Å²) in [5, 5.41) is 6.36. The molecule has 0 spiro atoms. The molecule has 1 aliphatic carbocycles.